The predicted molar refractivity (Wildman–Crippen MR) is 179 cm³/mol. The van der Waals surface area contributed by atoms with Crippen molar-refractivity contribution in [2.45, 2.75) is 0 Å². The third-order valence-corrected chi connectivity index (χ3v) is 8.45. The Morgan fingerprint density at radius 2 is 1.05 bits per heavy atom. The molecule has 4 heterocycles. The molecular formula is C39H25N5. The highest BCUT2D eigenvalue weighted by molar-refractivity contribution is 6.02. The average Bonchev–Trinajstić information content (AvgIpc) is 3.43. The first-order chi connectivity index (χ1) is 21.8. The SMILES string of the molecule is c1ccc2c(c1)-c1ccccc1N(c1ccc(-c3nc4cccnc4n3-c3cccc4cccnc34)cc1)c1ccccc1-2. The van der Waals surface area contributed by atoms with Gasteiger partial charge in [-0.3, -0.25) is 9.55 Å². The molecule has 3 aromatic heterocycles. The molecule has 5 heteroatoms. The fourth-order valence-electron chi connectivity index (χ4n) is 6.52. The van der Waals surface area contributed by atoms with Gasteiger partial charge < -0.3 is 4.90 Å². The maximum atomic E-state index is 5.08. The van der Waals surface area contributed by atoms with E-state index >= 15 is 0 Å². The summed E-state index contributed by atoms with van der Waals surface area (Å²) in [5, 5.41) is 1.07. The second-order valence-electron chi connectivity index (χ2n) is 10.9. The smallest absolute Gasteiger partial charge is 0.165 e. The lowest BCUT2D eigenvalue weighted by molar-refractivity contribution is 1.08. The van der Waals surface area contributed by atoms with Crippen LogP contribution in [0.15, 0.2) is 152 Å². The highest BCUT2D eigenvalue weighted by Gasteiger charge is 2.26. The van der Waals surface area contributed by atoms with Gasteiger partial charge in [0, 0.05) is 40.2 Å². The van der Waals surface area contributed by atoms with Gasteiger partial charge >= 0.3 is 0 Å². The van der Waals surface area contributed by atoms with Gasteiger partial charge in [-0.1, -0.05) is 78.9 Å². The summed E-state index contributed by atoms with van der Waals surface area (Å²) < 4.78 is 2.13. The molecule has 0 radical (unpaired) electrons. The Hall–Kier alpha value is -6.07. The van der Waals surface area contributed by atoms with E-state index in [9.17, 15) is 0 Å². The van der Waals surface area contributed by atoms with Crippen LogP contribution in [-0.2, 0) is 0 Å². The van der Waals surface area contributed by atoms with Crippen LogP contribution < -0.4 is 4.90 Å². The van der Waals surface area contributed by atoms with Crippen molar-refractivity contribution in [2.75, 3.05) is 4.90 Å². The minimum Gasteiger partial charge on any atom is -0.309 e. The molecule has 8 aromatic rings. The second kappa shape index (κ2) is 9.75. The number of benzene rings is 5. The van der Waals surface area contributed by atoms with Crippen molar-refractivity contribution in [3.63, 3.8) is 0 Å². The first-order valence-corrected chi connectivity index (χ1v) is 14.7. The van der Waals surface area contributed by atoms with Crippen LogP contribution in [-0.4, -0.2) is 19.5 Å². The molecule has 0 fully saturated rings. The standard InChI is InChI=1S/C39H25N5/c1-2-13-30-29(12-1)31-14-3-5-17-34(31)43(35-18-6-4-15-32(30)35)28-22-20-27(21-23-28)38-42-33-16-9-25-41-39(33)44(38)36-19-7-10-26-11-8-24-40-37(26)36/h1-25H. The number of hydrogen-bond acceptors (Lipinski definition) is 4. The fourth-order valence-corrected chi connectivity index (χ4v) is 6.52. The summed E-state index contributed by atoms with van der Waals surface area (Å²) >= 11 is 0. The van der Waals surface area contributed by atoms with Gasteiger partial charge in [0.25, 0.3) is 0 Å². The molecule has 0 saturated carbocycles. The van der Waals surface area contributed by atoms with Crippen LogP contribution in [0.25, 0.3) is 61.4 Å². The van der Waals surface area contributed by atoms with E-state index in [2.05, 4.69) is 131 Å². The van der Waals surface area contributed by atoms with E-state index in [0.29, 0.717) is 0 Å². The molecule has 1 aliphatic heterocycles. The lowest BCUT2D eigenvalue weighted by atomic mass is 9.95. The van der Waals surface area contributed by atoms with E-state index in [0.717, 1.165) is 56.2 Å². The van der Waals surface area contributed by atoms with Crippen LogP contribution in [0.4, 0.5) is 17.1 Å². The maximum Gasteiger partial charge on any atom is 0.165 e. The maximum absolute atomic E-state index is 5.08. The number of pyridine rings is 2. The third-order valence-electron chi connectivity index (χ3n) is 8.45. The van der Waals surface area contributed by atoms with E-state index in [1.54, 1.807) is 0 Å². The first-order valence-electron chi connectivity index (χ1n) is 14.7. The highest BCUT2D eigenvalue weighted by atomic mass is 15.2. The molecule has 5 nitrogen and oxygen atoms in total. The van der Waals surface area contributed by atoms with E-state index in [-0.39, 0.29) is 0 Å². The Labute approximate surface area is 254 Å². The summed E-state index contributed by atoms with van der Waals surface area (Å²) in [4.78, 5) is 16.9. The minimum atomic E-state index is 0.804. The third kappa shape index (κ3) is 3.69. The van der Waals surface area contributed by atoms with Gasteiger partial charge in [-0.25, -0.2) is 9.97 Å². The number of rotatable bonds is 3. The van der Waals surface area contributed by atoms with Gasteiger partial charge in [-0.15, -0.1) is 0 Å². The molecule has 1 aliphatic rings. The molecule has 0 unspecified atom stereocenters. The van der Waals surface area contributed by atoms with Crippen molar-refractivity contribution in [2.24, 2.45) is 0 Å². The average molecular weight is 564 g/mol. The molecule has 0 atom stereocenters. The number of hydrogen-bond donors (Lipinski definition) is 0. The summed E-state index contributed by atoms with van der Waals surface area (Å²) in [5.74, 6) is 0.826. The lowest BCUT2D eigenvalue weighted by Gasteiger charge is -2.27. The molecule has 0 saturated heterocycles. The van der Waals surface area contributed by atoms with Crippen LogP contribution in [0, 0.1) is 0 Å². The Balaban J connectivity index is 1.23. The number of fused-ring (bicyclic) bond motifs is 7. The van der Waals surface area contributed by atoms with Gasteiger partial charge in [0.2, 0.25) is 0 Å². The van der Waals surface area contributed by atoms with E-state index < -0.39 is 0 Å². The molecule has 0 aliphatic carbocycles. The van der Waals surface area contributed by atoms with Gasteiger partial charge in [0.1, 0.15) is 11.3 Å². The topological polar surface area (TPSA) is 46.8 Å². The van der Waals surface area contributed by atoms with Crippen molar-refractivity contribution >= 4 is 39.1 Å². The summed E-state index contributed by atoms with van der Waals surface area (Å²) in [6.45, 7) is 0. The molecule has 44 heavy (non-hydrogen) atoms. The summed E-state index contributed by atoms with van der Waals surface area (Å²) in [6.07, 6.45) is 3.65. The normalized spacial score (nSPS) is 12.0. The van der Waals surface area contributed by atoms with E-state index in [4.69, 9.17) is 15.0 Å². The fraction of sp³-hybridized carbons (Fsp3) is 0. The van der Waals surface area contributed by atoms with Crippen LogP contribution in [0.3, 0.4) is 0 Å². The molecule has 0 spiro atoms. The zero-order valence-corrected chi connectivity index (χ0v) is 23.7. The Bertz CT molecular complexity index is 2280. The largest absolute Gasteiger partial charge is 0.309 e. The molecular weight excluding hydrogens is 538 g/mol. The first kappa shape index (κ1) is 24.5. The monoisotopic (exact) mass is 563 g/mol. The summed E-state index contributed by atoms with van der Waals surface area (Å²) in [6, 6.07) is 48.9. The van der Waals surface area contributed by atoms with Crippen molar-refractivity contribution < 1.29 is 0 Å². The van der Waals surface area contributed by atoms with Gasteiger partial charge in [0.15, 0.2) is 5.65 Å². The molecule has 206 valence electrons. The Morgan fingerprint density at radius 1 is 0.455 bits per heavy atom. The zero-order chi connectivity index (χ0) is 29.0. The quantitative estimate of drug-likeness (QED) is 0.215. The number of imidazole rings is 1. The molecule has 5 aromatic carbocycles. The van der Waals surface area contributed by atoms with Gasteiger partial charge in [-0.2, -0.15) is 0 Å². The Morgan fingerprint density at radius 3 is 1.77 bits per heavy atom. The predicted octanol–water partition coefficient (Wildman–Crippen LogP) is 9.75. The van der Waals surface area contributed by atoms with Crippen LogP contribution >= 0.6 is 0 Å². The minimum absolute atomic E-state index is 0.804. The van der Waals surface area contributed by atoms with Crippen LogP contribution in [0.1, 0.15) is 0 Å². The van der Waals surface area contributed by atoms with Crippen molar-refractivity contribution in [1.82, 2.24) is 19.5 Å². The number of nitrogens with zero attached hydrogens (tertiary/aromatic N) is 5. The summed E-state index contributed by atoms with van der Waals surface area (Å²) in [7, 11) is 0. The Kier molecular flexibility index (Phi) is 5.43. The van der Waals surface area contributed by atoms with Gasteiger partial charge in [-0.05, 0) is 71.8 Å². The van der Waals surface area contributed by atoms with Crippen LogP contribution in [0.5, 0.6) is 0 Å². The molecule has 9 rings (SSSR count). The lowest BCUT2D eigenvalue weighted by Crippen LogP contribution is -2.10. The van der Waals surface area contributed by atoms with E-state index in [1.165, 1.54) is 22.3 Å². The molecule has 0 amide bonds. The highest BCUT2D eigenvalue weighted by Crippen LogP contribution is 2.50. The second-order valence-corrected chi connectivity index (χ2v) is 10.9. The number of aromatic nitrogens is 4. The van der Waals surface area contributed by atoms with Crippen molar-refractivity contribution in [3.8, 4) is 39.3 Å². The van der Waals surface area contributed by atoms with Crippen molar-refractivity contribution in [1.29, 1.82) is 0 Å². The van der Waals surface area contributed by atoms with Gasteiger partial charge in [0.05, 0.1) is 22.6 Å². The number of para-hydroxylation sites is 3. The molecule has 0 N–H and O–H groups in total. The number of anilines is 3. The summed E-state index contributed by atoms with van der Waals surface area (Å²) in [5.41, 5.74) is 12.8. The molecule has 0 bridgehead atoms. The van der Waals surface area contributed by atoms with E-state index in [1.807, 2.05) is 30.6 Å². The van der Waals surface area contributed by atoms with Crippen LogP contribution in [0.2, 0.25) is 0 Å². The van der Waals surface area contributed by atoms with Crippen molar-refractivity contribution in [3.05, 3.63) is 152 Å². The zero-order valence-electron chi connectivity index (χ0n) is 23.7.